The van der Waals surface area contributed by atoms with Crippen LogP contribution in [0.3, 0.4) is 0 Å². The standard InChI is InChI=1S/C57H64Br2N2/c1-6-8-10-12-14-18-36-57(37-19-15-13-11-9-7-2)52-38-43(59)26-35-48(52)50-40-55-51(39-53(50)57)49-20-16-17-21-54(49)61(55)47-33-31-46(32-34-47)60(45-29-24-42(58)25-30-45)44-27-22-41(23-28-44)56(3,4)5/h16-17,20-35,38-40H,6-15,18-19,36-37H2,1-5H3. The molecule has 6 aromatic carbocycles. The number of halogens is 2. The first-order chi connectivity index (χ1) is 29.6. The SMILES string of the molecule is CCCCCCCCC1(CCCCCCCC)c2cc(Br)ccc2-c2cc3c(cc21)c1ccccc1n3-c1ccc(N(c2ccc(Br)cc2)c2ccc(C(C)(C)C)cc2)cc1. The van der Waals surface area contributed by atoms with E-state index < -0.39 is 0 Å². The van der Waals surface area contributed by atoms with E-state index in [0.717, 1.165) is 21.5 Å². The van der Waals surface area contributed by atoms with Gasteiger partial charge in [0.05, 0.1) is 11.0 Å². The van der Waals surface area contributed by atoms with Gasteiger partial charge >= 0.3 is 0 Å². The van der Waals surface area contributed by atoms with Crippen molar-refractivity contribution >= 4 is 70.7 Å². The lowest BCUT2D eigenvalue weighted by atomic mass is 9.70. The van der Waals surface area contributed by atoms with Crippen LogP contribution in [0.4, 0.5) is 17.1 Å². The van der Waals surface area contributed by atoms with E-state index >= 15 is 0 Å². The predicted octanol–water partition coefficient (Wildman–Crippen LogP) is 18.8. The molecule has 0 saturated carbocycles. The minimum Gasteiger partial charge on any atom is -0.311 e. The Balaban J connectivity index is 1.23. The molecule has 0 atom stereocenters. The fourth-order valence-electron chi connectivity index (χ4n) is 10.2. The van der Waals surface area contributed by atoms with Crippen molar-refractivity contribution in [3.05, 3.63) is 153 Å². The highest BCUT2D eigenvalue weighted by molar-refractivity contribution is 9.10. The molecule has 0 unspecified atom stereocenters. The average molecular weight is 937 g/mol. The van der Waals surface area contributed by atoms with Crippen molar-refractivity contribution in [2.75, 3.05) is 4.90 Å². The number of anilines is 3. The third-order valence-electron chi connectivity index (χ3n) is 13.5. The van der Waals surface area contributed by atoms with E-state index in [-0.39, 0.29) is 10.8 Å². The molecule has 0 fully saturated rings. The minimum absolute atomic E-state index is 0.0184. The van der Waals surface area contributed by atoms with Gasteiger partial charge in [0, 0.05) is 47.9 Å². The lowest BCUT2D eigenvalue weighted by Crippen LogP contribution is -2.25. The summed E-state index contributed by atoms with van der Waals surface area (Å²) >= 11 is 7.61. The number of fused-ring (bicyclic) bond motifs is 6. The van der Waals surface area contributed by atoms with Crippen LogP contribution in [0.1, 0.15) is 141 Å². The van der Waals surface area contributed by atoms with Crippen LogP contribution >= 0.6 is 31.9 Å². The highest BCUT2D eigenvalue weighted by atomic mass is 79.9. The number of rotatable bonds is 18. The Morgan fingerprint density at radius 2 is 1.02 bits per heavy atom. The molecule has 1 aliphatic rings. The number of para-hydroxylation sites is 1. The van der Waals surface area contributed by atoms with Gasteiger partial charge in [0.25, 0.3) is 0 Å². The maximum Gasteiger partial charge on any atom is 0.0547 e. The second kappa shape index (κ2) is 19.1. The van der Waals surface area contributed by atoms with E-state index in [2.05, 4.69) is 203 Å². The van der Waals surface area contributed by atoms with Crippen molar-refractivity contribution in [2.45, 2.75) is 135 Å². The minimum atomic E-state index is 0.0184. The summed E-state index contributed by atoms with van der Waals surface area (Å²) in [7, 11) is 0. The molecule has 1 heterocycles. The average Bonchev–Trinajstić information content (AvgIpc) is 3.72. The number of hydrogen-bond acceptors (Lipinski definition) is 1. The van der Waals surface area contributed by atoms with Crippen molar-refractivity contribution in [3.8, 4) is 16.8 Å². The van der Waals surface area contributed by atoms with E-state index in [4.69, 9.17) is 0 Å². The number of hydrogen-bond donors (Lipinski definition) is 0. The summed E-state index contributed by atoms with van der Waals surface area (Å²) in [4.78, 5) is 2.36. The first-order valence-electron chi connectivity index (χ1n) is 23.3. The van der Waals surface area contributed by atoms with E-state index in [1.165, 1.54) is 144 Å². The zero-order valence-corrected chi connectivity index (χ0v) is 40.3. The predicted molar refractivity (Wildman–Crippen MR) is 272 cm³/mol. The molecule has 0 radical (unpaired) electrons. The van der Waals surface area contributed by atoms with Crippen LogP contribution in [0.2, 0.25) is 0 Å². The Bertz CT molecular complexity index is 2540. The molecule has 2 nitrogen and oxygen atoms in total. The number of nitrogens with zero attached hydrogens (tertiary/aromatic N) is 2. The Labute approximate surface area is 383 Å². The van der Waals surface area contributed by atoms with Crippen molar-refractivity contribution < 1.29 is 0 Å². The van der Waals surface area contributed by atoms with Gasteiger partial charge in [-0.3, -0.25) is 0 Å². The Kier molecular flexibility index (Phi) is 13.6. The van der Waals surface area contributed by atoms with Crippen molar-refractivity contribution in [2.24, 2.45) is 0 Å². The molecule has 7 aromatic rings. The molecule has 1 aromatic heterocycles. The van der Waals surface area contributed by atoms with E-state index in [1.54, 1.807) is 5.56 Å². The molecule has 0 aliphatic heterocycles. The smallest absolute Gasteiger partial charge is 0.0547 e. The summed E-state index contributed by atoms with van der Waals surface area (Å²) in [5.41, 5.74) is 14.5. The van der Waals surface area contributed by atoms with E-state index in [0.29, 0.717) is 0 Å². The Morgan fingerprint density at radius 1 is 0.492 bits per heavy atom. The van der Waals surface area contributed by atoms with E-state index in [9.17, 15) is 0 Å². The van der Waals surface area contributed by atoms with Gasteiger partial charge in [-0.2, -0.15) is 0 Å². The maximum absolute atomic E-state index is 3.94. The summed E-state index contributed by atoms with van der Waals surface area (Å²) in [5.74, 6) is 0. The molecule has 1 aliphatic carbocycles. The fourth-order valence-corrected chi connectivity index (χ4v) is 10.8. The van der Waals surface area contributed by atoms with Gasteiger partial charge in [0.1, 0.15) is 0 Å². The van der Waals surface area contributed by atoms with Gasteiger partial charge in [-0.15, -0.1) is 0 Å². The molecule has 0 bridgehead atoms. The summed E-state index contributed by atoms with van der Waals surface area (Å²) in [6.07, 6.45) is 18.3. The molecule has 61 heavy (non-hydrogen) atoms. The summed E-state index contributed by atoms with van der Waals surface area (Å²) in [5, 5.41) is 2.68. The van der Waals surface area contributed by atoms with Gasteiger partial charge in [0.2, 0.25) is 0 Å². The molecule has 0 saturated heterocycles. The van der Waals surface area contributed by atoms with Crippen molar-refractivity contribution in [1.29, 1.82) is 0 Å². The van der Waals surface area contributed by atoms with Crippen LogP contribution in [0.5, 0.6) is 0 Å². The molecule has 4 heteroatoms. The van der Waals surface area contributed by atoms with Crippen LogP contribution in [0, 0.1) is 0 Å². The molecule has 0 amide bonds. The highest BCUT2D eigenvalue weighted by Gasteiger charge is 2.43. The summed E-state index contributed by atoms with van der Waals surface area (Å²) in [6, 6.07) is 48.3. The third kappa shape index (κ3) is 9.05. The zero-order chi connectivity index (χ0) is 42.6. The monoisotopic (exact) mass is 934 g/mol. The number of benzene rings is 6. The van der Waals surface area contributed by atoms with Crippen LogP contribution in [0.15, 0.2) is 136 Å². The van der Waals surface area contributed by atoms with Gasteiger partial charge in [-0.1, -0.05) is 180 Å². The second-order valence-corrected chi connectivity index (χ2v) is 20.5. The van der Waals surface area contributed by atoms with Gasteiger partial charge in [-0.25, -0.2) is 0 Å². The molecule has 316 valence electrons. The van der Waals surface area contributed by atoms with Crippen molar-refractivity contribution in [1.82, 2.24) is 4.57 Å². The quantitative estimate of drug-likeness (QED) is 0.0779. The number of aromatic nitrogens is 1. The third-order valence-corrected chi connectivity index (χ3v) is 14.5. The second-order valence-electron chi connectivity index (χ2n) is 18.7. The van der Waals surface area contributed by atoms with Crippen LogP contribution in [-0.4, -0.2) is 4.57 Å². The lowest BCUT2D eigenvalue weighted by molar-refractivity contribution is 0.398. The van der Waals surface area contributed by atoms with Gasteiger partial charge < -0.3 is 9.47 Å². The molecular weight excluding hydrogens is 872 g/mol. The van der Waals surface area contributed by atoms with Crippen LogP contribution in [-0.2, 0) is 10.8 Å². The maximum atomic E-state index is 3.94. The Morgan fingerprint density at radius 3 is 1.62 bits per heavy atom. The zero-order valence-electron chi connectivity index (χ0n) is 37.2. The Hall–Kier alpha value is -4.12. The first kappa shape index (κ1) is 43.5. The van der Waals surface area contributed by atoms with Crippen molar-refractivity contribution in [3.63, 3.8) is 0 Å². The summed E-state index contributed by atoms with van der Waals surface area (Å²) in [6.45, 7) is 11.5. The lowest BCUT2D eigenvalue weighted by Gasteiger charge is -2.33. The topological polar surface area (TPSA) is 8.17 Å². The number of unbranched alkanes of at least 4 members (excludes halogenated alkanes) is 10. The van der Waals surface area contributed by atoms with E-state index in [1.807, 2.05) is 0 Å². The normalized spacial score (nSPS) is 13.2. The highest BCUT2D eigenvalue weighted by Crippen LogP contribution is 2.56. The first-order valence-corrected chi connectivity index (χ1v) is 24.9. The molecule has 0 spiro atoms. The summed E-state index contributed by atoms with van der Waals surface area (Å²) < 4.78 is 4.78. The van der Waals surface area contributed by atoms with Gasteiger partial charge in [0.15, 0.2) is 0 Å². The molecule has 0 N–H and O–H groups in total. The van der Waals surface area contributed by atoms with Crippen LogP contribution in [0.25, 0.3) is 38.6 Å². The largest absolute Gasteiger partial charge is 0.311 e. The van der Waals surface area contributed by atoms with Crippen LogP contribution < -0.4 is 4.90 Å². The molecule has 8 rings (SSSR count). The molecular formula is C57H64Br2N2. The van der Waals surface area contributed by atoms with Gasteiger partial charge in [-0.05, 0) is 137 Å². The fraction of sp³-hybridized carbons (Fsp3) is 0.368.